The van der Waals surface area contributed by atoms with Crippen molar-refractivity contribution in [3.8, 4) is 0 Å². The normalized spacial score (nSPS) is 10.2. The molecule has 1 N–H and O–H groups in total. The maximum Gasteiger partial charge on any atom is 0.274 e. The van der Waals surface area contributed by atoms with Crippen molar-refractivity contribution in [3.05, 3.63) is 57.5 Å². The Labute approximate surface area is 116 Å². The molecule has 0 aliphatic carbocycles. The van der Waals surface area contributed by atoms with Gasteiger partial charge in [-0.1, -0.05) is 11.6 Å². The van der Waals surface area contributed by atoms with E-state index in [9.17, 15) is 9.18 Å². The fourth-order valence-electron chi connectivity index (χ4n) is 1.29. The first-order chi connectivity index (χ1) is 8.56. The van der Waals surface area contributed by atoms with Crippen LogP contribution in [0.1, 0.15) is 10.5 Å². The molecular weight excluding hydrogens is 322 g/mol. The minimum Gasteiger partial charge on any atom is -0.318 e. The number of rotatable bonds is 2. The largest absolute Gasteiger partial charge is 0.318 e. The van der Waals surface area contributed by atoms with Gasteiger partial charge in [0.15, 0.2) is 0 Å². The lowest BCUT2D eigenvalue weighted by Gasteiger charge is -2.06. The number of aromatic nitrogens is 1. The second kappa shape index (κ2) is 5.46. The summed E-state index contributed by atoms with van der Waals surface area (Å²) in [5.41, 5.74) is 0.265. The van der Waals surface area contributed by atoms with Crippen LogP contribution < -0.4 is 5.32 Å². The van der Waals surface area contributed by atoms with Gasteiger partial charge in [-0.25, -0.2) is 9.37 Å². The van der Waals surface area contributed by atoms with Crippen molar-refractivity contribution >= 4 is 39.1 Å². The van der Waals surface area contributed by atoms with E-state index in [4.69, 9.17) is 11.6 Å². The zero-order valence-corrected chi connectivity index (χ0v) is 11.3. The predicted octanol–water partition coefficient (Wildman–Crippen LogP) is 3.89. The number of hydrogen-bond donors (Lipinski definition) is 1. The molecule has 92 valence electrons. The van der Waals surface area contributed by atoms with Crippen LogP contribution in [0.15, 0.2) is 41.0 Å². The second-order valence-electron chi connectivity index (χ2n) is 3.44. The molecule has 0 saturated carbocycles. The van der Waals surface area contributed by atoms with Crippen LogP contribution in [0, 0.1) is 5.82 Å². The van der Waals surface area contributed by atoms with Crippen LogP contribution in [0.25, 0.3) is 0 Å². The summed E-state index contributed by atoms with van der Waals surface area (Å²) in [5, 5.41) is 2.69. The first-order valence-electron chi connectivity index (χ1n) is 4.94. The topological polar surface area (TPSA) is 42.0 Å². The van der Waals surface area contributed by atoms with Gasteiger partial charge in [0.2, 0.25) is 0 Å². The van der Waals surface area contributed by atoms with Crippen LogP contribution in [0.5, 0.6) is 0 Å². The Morgan fingerprint density at radius 3 is 2.72 bits per heavy atom. The molecule has 0 unspecified atom stereocenters. The monoisotopic (exact) mass is 328 g/mol. The molecule has 0 spiro atoms. The number of nitrogens with one attached hydrogen (secondary N) is 1. The molecule has 1 heterocycles. The van der Waals surface area contributed by atoms with Gasteiger partial charge in [0, 0.05) is 15.7 Å². The van der Waals surface area contributed by atoms with Crippen LogP contribution in [0.3, 0.4) is 0 Å². The molecule has 0 fully saturated rings. The minimum atomic E-state index is -0.590. The summed E-state index contributed by atoms with van der Waals surface area (Å²) in [4.78, 5) is 15.7. The predicted molar refractivity (Wildman–Crippen MR) is 71.3 cm³/mol. The highest BCUT2D eigenvalue weighted by Gasteiger charge is 2.10. The van der Waals surface area contributed by atoms with E-state index in [-0.39, 0.29) is 16.4 Å². The molecule has 0 radical (unpaired) electrons. The third-order valence-electron chi connectivity index (χ3n) is 2.14. The highest BCUT2D eigenvalue weighted by atomic mass is 79.9. The van der Waals surface area contributed by atoms with Gasteiger partial charge < -0.3 is 5.32 Å². The minimum absolute atomic E-state index is 0.0640. The van der Waals surface area contributed by atoms with Crippen molar-refractivity contribution in [3.63, 3.8) is 0 Å². The maximum atomic E-state index is 13.5. The third kappa shape index (κ3) is 3.05. The molecule has 1 aromatic carbocycles. The van der Waals surface area contributed by atoms with Gasteiger partial charge in [-0.05, 0) is 46.3 Å². The highest BCUT2D eigenvalue weighted by Crippen LogP contribution is 2.19. The van der Waals surface area contributed by atoms with Gasteiger partial charge >= 0.3 is 0 Å². The third-order valence-corrected chi connectivity index (χ3v) is 2.84. The number of carbonyl (C=O) groups is 1. The lowest BCUT2D eigenvalue weighted by Crippen LogP contribution is -2.14. The lowest BCUT2D eigenvalue weighted by molar-refractivity contribution is 0.102. The molecule has 2 rings (SSSR count). The van der Waals surface area contributed by atoms with Gasteiger partial charge in [-0.2, -0.15) is 0 Å². The molecule has 0 atom stereocenters. The first-order valence-corrected chi connectivity index (χ1v) is 6.11. The van der Waals surface area contributed by atoms with Crippen molar-refractivity contribution in [1.29, 1.82) is 0 Å². The van der Waals surface area contributed by atoms with Crippen LogP contribution in [0.2, 0.25) is 5.02 Å². The van der Waals surface area contributed by atoms with E-state index in [0.29, 0.717) is 0 Å². The van der Waals surface area contributed by atoms with Gasteiger partial charge in [-0.3, -0.25) is 4.79 Å². The van der Waals surface area contributed by atoms with Crippen LogP contribution in [-0.4, -0.2) is 10.9 Å². The van der Waals surface area contributed by atoms with E-state index >= 15 is 0 Å². The molecule has 3 nitrogen and oxygen atoms in total. The van der Waals surface area contributed by atoms with E-state index in [1.807, 2.05) is 0 Å². The van der Waals surface area contributed by atoms with Gasteiger partial charge in [0.25, 0.3) is 5.91 Å². The Kier molecular flexibility index (Phi) is 3.93. The summed E-state index contributed by atoms with van der Waals surface area (Å²) >= 11 is 8.83. The zero-order chi connectivity index (χ0) is 13.1. The number of nitrogens with zero attached hydrogens (tertiary/aromatic N) is 1. The van der Waals surface area contributed by atoms with Crippen molar-refractivity contribution in [1.82, 2.24) is 4.98 Å². The Morgan fingerprint density at radius 2 is 2.11 bits per heavy atom. The zero-order valence-electron chi connectivity index (χ0n) is 8.95. The lowest BCUT2D eigenvalue weighted by atomic mass is 10.3. The standard InChI is InChI=1S/C12H7BrClFN2O/c13-7-1-3-11(16-6-7)12(18)17-10-4-2-8(14)5-9(10)15/h1-6H,(H,17,18). The quantitative estimate of drug-likeness (QED) is 0.908. The Balaban J connectivity index is 2.18. The maximum absolute atomic E-state index is 13.5. The molecule has 0 aliphatic rings. The fourth-order valence-corrected chi connectivity index (χ4v) is 1.68. The van der Waals surface area contributed by atoms with E-state index in [0.717, 1.165) is 10.5 Å². The number of amides is 1. The Bertz CT molecular complexity index is 589. The van der Waals surface area contributed by atoms with Crippen molar-refractivity contribution in [2.75, 3.05) is 5.32 Å². The summed E-state index contributed by atoms with van der Waals surface area (Å²) in [6.45, 7) is 0. The number of pyridine rings is 1. The summed E-state index contributed by atoms with van der Waals surface area (Å²) in [6, 6.07) is 7.24. The summed E-state index contributed by atoms with van der Waals surface area (Å²) < 4.78 is 14.2. The molecular formula is C12H7BrClFN2O. The van der Waals surface area contributed by atoms with Gasteiger partial charge in [0.1, 0.15) is 11.5 Å². The Hall–Kier alpha value is -1.46. The SMILES string of the molecule is O=C(Nc1ccc(Cl)cc1F)c1ccc(Br)cn1. The summed E-state index contributed by atoms with van der Waals surface area (Å²) in [5.74, 6) is -1.07. The van der Waals surface area contributed by atoms with E-state index in [2.05, 4.69) is 26.2 Å². The van der Waals surface area contributed by atoms with Crippen molar-refractivity contribution in [2.45, 2.75) is 0 Å². The smallest absolute Gasteiger partial charge is 0.274 e. The van der Waals surface area contributed by atoms with Gasteiger partial charge in [-0.15, -0.1) is 0 Å². The summed E-state index contributed by atoms with van der Waals surface area (Å²) in [6.07, 6.45) is 1.49. The van der Waals surface area contributed by atoms with Crippen LogP contribution in [0.4, 0.5) is 10.1 Å². The summed E-state index contributed by atoms with van der Waals surface area (Å²) in [7, 11) is 0. The molecule has 1 amide bonds. The molecule has 1 aromatic heterocycles. The van der Waals surface area contributed by atoms with Crippen molar-refractivity contribution < 1.29 is 9.18 Å². The molecule has 2 aromatic rings. The van der Waals surface area contributed by atoms with E-state index in [1.165, 1.54) is 24.4 Å². The molecule has 0 saturated heterocycles. The number of benzene rings is 1. The number of anilines is 1. The molecule has 6 heteroatoms. The average molecular weight is 330 g/mol. The number of carbonyl (C=O) groups excluding carboxylic acids is 1. The van der Waals surface area contributed by atoms with E-state index < -0.39 is 11.7 Å². The highest BCUT2D eigenvalue weighted by molar-refractivity contribution is 9.10. The fraction of sp³-hybridized carbons (Fsp3) is 0. The first kappa shape index (κ1) is 13.0. The van der Waals surface area contributed by atoms with Crippen molar-refractivity contribution in [2.24, 2.45) is 0 Å². The number of hydrogen-bond acceptors (Lipinski definition) is 2. The molecule has 0 bridgehead atoms. The van der Waals surface area contributed by atoms with Crippen LogP contribution in [-0.2, 0) is 0 Å². The second-order valence-corrected chi connectivity index (χ2v) is 4.79. The molecule has 18 heavy (non-hydrogen) atoms. The number of halogens is 3. The Morgan fingerprint density at radius 1 is 1.33 bits per heavy atom. The van der Waals surface area contributed by atoms with Gasteiger partial charge in [0.05, 0.1) is 5.69 Å². The van der Waals surface area contributed by atoms with Crippen LogP contribution >= 0.6 is 27.5 Å². The van der Waals surface area contributed by atoms with E-state index in [1.54, 1.807) is 6.07 Å². The average Bonchev–Trinajstić information content (AvgIpc) is 2.33. The molecule has 0 aliphatic heterocycles.